The molecule has 0 aromatic heterocycles. The number of nitrogens with one attached hydrogen (secondary N) is 2. The van der Waals surface area contributed by atoms with Gasteiger partial charge in [0.2, 0.25) is 0 Å². The van der Waals surface area contributed by atoms with Crippen molar-refractivity contribution in [3.63, 3.8) is 0 Å². The number of carbonyl (C=O) groups excluding carboxylic acids is 2. The summed E-state index contributed by atoms with van der Waals surface area (Å²) in [6.45, 7) is -0.299. The number of aromatic hydroxyl groups is 1. The van der Waals surface area contributed by atoms with Crippen molar-refractivity contribution in [3.05, 3.63) is 65.5 Å². The fourth-order valence-electron chi connectivity index (χ4n) is 1.72. The maximum absolute atomic E-state index is 13.0. The summed E-state index contributed by atoms with van der Waals surface area (Å²) in [6, 6.07) is 11.5. The van der Waals surface area contributed by atoms with E-state index in [9.17, 15) is 19.1 Å². The second kappa shape index (κ2) is 7.69. The summed E-state index contributed by atoms with van der Waals surface area (Å²) in [5.41, 5.74) is 2.96. The minimum atomic E-state index is -0.559. The molecule has 23 heavy (non-hydrogen) atoms. The van der Waals surface area contributed by atoms with Gasteiger partial charge in [0.1, 0.15) is 11.6 Å². The molecule has 0 saturated carbocycles. The van der Waals surface area contributed by atoms with E-state index in [1.807, 2.05) is 0 Å². The first-order valence-corrected chi connectivity index (χ1v) is 6.69. The standard InChI is InChI=1S/C16H14FN3O3/c17-13-5-2-4-12(8-13)16(23)18-10-15(22)20-19-9-11-3-1-6-14(21)7-11/h1-9,21H,10H2,(H,18,23)(H,20,22)/b19-9+. The Balaban J connectivity index is 1.80. The van der Waals surface area contributed by atoms with Crippen LogP contribution in [-0.2, 0) is 4.79 Å². The summed E-state index contributed by atoms with van der Waals surface area (Å²) >= 11 is 0. The van der Waals surface area contributed by atoms with Gasteiger partial charge in [-0.3, -0.25) is 9.59 Å². The number of hydrogen-bond acceptors (Lipinski definition) is 4. The number of amides is 2. The Labute approximate surface area is 131 Å². The van der Waals surface area contributed by atoms with Gasteiger partial charge in [0, 0.05) is 5.56 Å². The van der Waals surface area contributed by atoms with Gasteiger partial charge in [-0.2, -0.15) is 5.10 Å². The van der Waals surface area contributed by atoms with Crippen LogP contribution in [0.1, 0.15) is 15.9 Å². The lowest BCUT2D eigenvalue weighted by Gasteiger charge is -2.04. The second-order valence-electron chi connectivity index (χ2n) is 4.58. The van der Waals surface area contributed by atoms with Crippen LogP contribution >= 0.6 is 0 Å². The highest BCUT2D eigenvalue weighted by Gasteiger charge is 2.08. The number of hydrogen-bond donors (Lipinski definition) is 3. The van der Waals surface area contributed by atoms with E-state index in [4.69, 9.17) is 0 Å². The molecule has 0 atom stereocenters. The number of phenolic OH excluding ortho intramolecular Hbond substituents is 1. The van der Waals surface area contributed by atoms with Gasteiger partial charge >= 0.3 is 0 Å². The van der Waals surface area contributed by atoms with Crippen LogP contribution in [0.3, 0.4) is 0 Å². The molecule has 0 saturated heterocycles. The fraction of sp³-hybridized carbons (Fsp3) is 0.0625. The number of carbonyl (C=O) groups is 2. The first-order valence-electron chi connectivity index (χ1n) is 6.69. The highest BCUT2D eigenvalue weighted by Crippen LogP contribution is 2.08. The van der Waals surface area contributed by atoms with Crippen molar-refractivity contribution in [2.24, 2.45) is 5.10 Å². The average Bonchev–Trinajstić information content (AvgIpc) is 2.52. The zero-order chi connectivity index (χ0) is 16.7. The lowest BCUT2D eigenvalue weighted by atomic mass is 10.2. The second-order valence-corrected chi connectivity index (χ2v) is 4.58. The summed E-state index contributed by atoms with van der Waals surface area (Å²) in [5.74, 6) is -1.54. The number of benzene rings is 2. The van der Waals surface area contributed by atoms with Crippen molar-refractivity contribution in [1.29, 1.82) is 0 Å². The van der Waals surface area contributed by atoms with E-state index in [1.54, 1.807) is 12.1 Å². The van der Waals surface area contributed by atoms with Crippen LogP contribution in [0, 0.1) is 5.82 Å². The lowest BCUT2D eigenvalue weighted by molar-refractivity contribution is -0.120. The van der Waals surface area contributed by atoms with Gasteiger partial charge in [-0.05, 0) is 35.9 Å². The molecule has 0 fully saturated rings. The van der Waals surface area contributed by atoms with Crippen LogP contribution in [-0.4, -0.2) is 29.7 Å². The molecule has 2 aromatic carbocycles. The summed E-state index contributed by atoms with van der Waals surface area (Å²) in [7, 11) is 0. The van der Waals surface area contributed by atoms with Crippen molar-refractivity contribution < 1.29 is 19.1 Å². The van der Waals surface area contributed by atoms with Crippen LogP contribution in [0.15, 0.2) is 53.6 Å². The minimum Gasteiger partial charge on any atom is -0.508 e. The predicted octanol–water partition coefficient (Wildman–Crippen LogP) is 1.41. The highest BCUT2D eigenvalue weighted by atomic mass is 19.1. The van der Waals surface area contributed by atoms with Crippen LogP contribution in [0.25, 0.3) is 0 Å². The van der Waals surface area contributed by atoms with Crippen molar-refractivity contribution in [3.8, 4) is 5.75 Å². The molecule has 0 aliphatic rings. The smallest absolute Gasteiger partial charge is 0.259 e. The average molecular weight is 315 g/mol. The molecule has 6 nitrogen and oxygen atoms in total. The molecule has 2 aromatic rings. The van der Waals surface area contributed by atoms with E-state index < -0.39 is 17.6 Å². The van der Waals surface area contributed by atoms with Gasteiger partial charge < -0.3 is 10.4 Å². The van der Waals surface area contributed by atoms with Gasteiger partial charge in [-0.25, -0.2) is 9.82 Å². The largest absolute Gasteiger partial charge is 0.508 e. The van der Waals surface area contributed by atoms with E-state index in [0.717, 1.165) is 6.07 Å². The minimum absolute atomic E-state index is 0.0858. The monoisotopic (exact) mass is 315 g/mol. The van der Waals surface area contributed by atoms with Gasteiger partial charge in [0.25, 0.3) is 11.8 Å². The summed E-state index contributed by atoms with van der Waals surface area (Å²) in [5, 5.41) is 15.3. The molecular weight excluding hydrogens is 301 g/mol. The quantitative estimate of drug-likeness (QED) is 0.575. The number of halogens is 1. The Morgan fingerprint density at radius 2 is 1.96 bits per heavy atom. The molecule has 0 radical (unpaired) electrons. The van der Waals surface area contributed by atoms with Crippen molar-refractivity contribution >= 4 is 18.0 Å². The highest BCUT2D eigenvalue weighted by molar-refractivity contribution is 5.96. The fourth-order valence-corrected chi connectivity index (χ4v) is 1.72. The van der Waals surface area contributed by atoms with E-state index in [2.05, 4.69) is 15.8 Å². The Hall–Kier alpha value is -3.22. The molecular formula is C16H14FN3O3. The van der Waals surface area contributed by atoms with Crippen molar-refractivity contribution in [1.82, 2.24) is 10.7 Å². The number of nitrogens with zero attached hydrogens (tertiary/aromatic N) is 1. The lowest BCUT2D eigenvalue weighted by Crippen LogP contribution is -2.34. The Kier molecular flexibility index (Phi) is 5.40. The molecule has 0 unspecified atom stereocenters. The van der Waals surface area contributed by atoms with Gasteiger partial charge in [0.15, 0.2) is 0 Å². The Morgan fingerprint density at radius 1 is 1.17 bits per heavy atom. The number of phenols is 1. The van der Waals surface area contributed by atoms with Gasteiger partial charge in [0.05, 0.1) is 12.8 Å². The van der Waals surface area contributed by atoms with E-state index in [0.29, 0.717) is 5.56 Å². The third kappa shape index (κ3) is 5.24. The number of rotatable bonds is 5. The first kappa shape index (κ1) is 16.2. The third-order valence-corrected chi connectivity index (χ3v) is 2.77. The molecule has 0 bridgehead atoms. The molecule has 0 spiro atoms. The maximum Gasteiger partial charge on any atom is 0.259 e. The van der Waals surface area contributed by atoms with Crippen LogP contribution in [0.5, 0.6) is 5.75 Å². The van der Waals surface area contributed by atoms with Crippen LogP contribution < -0.4 is 10.7 Å². The Bertz CT molecular complexity index is 747. The summed E-state index contributed by atoms with van der Waals surface area (Å²) < 4.78 is 13.0. The molecule has 3 N–H and O–H groups in total. The zero-order valence-electron chi connectivity index (χ0n) is 12.0. The molecule has 118 valence electrons. The first-order chi connectivity index (χ1) is 11.0. The molecule has 7 heteroatoms. The van der Waals surface area contributed by atoms with Gasteiger partial charge in [-0.1, -0.05) is 18.2 Å². The zero-order valence-corrected chi connectivity index (χ0v) is 12.0. The maximum atomic E-state index is 13.0. The van der Waals surface area contributed by atoms with Crippen LogP contribution in [0.2, 0.25) is 0 Å². The molecule has 0 aliphatic carbocycles. The molecule has 2 rings (SSSR count). The normalized spacial score (nSPS) is 10.5. The molecule has 0 heterocycles. The van der Waals surface area contributed by atoms with Crippen molar-refractivity contribution in [2.75, 3.05) is 6.54 Å². The molecule has 0 aliphatic heterocycles. The topological polar surface area (TPSA) is 90.8 Å². The van der Waals surface area contributed by atoms with E-state index in [-0.39, 0.29) is 17.9 Å². The van der Waals surface area contributed by atoms with E-state index in [1.165, 1.54) is 36.5 Å². The molecule has 2 amide bonds. The summed E-state index contributed by atoms with van der Waals surface area (Å²) in [4.78, 5) is 23.2. The summed E-state index contributed by atoms with van der Waals surface area (Å²) in [6.07, 6.45) is 1.35. The third-order valence-electron chi connectivity index (χ3n) is 2.77. The predicted molar refractivity (Wildman–Crippen MR) is 82.6 cm³/mol. The number of hydrazone groups is 1. The SMILES string of the molecule is O=C(CNC(=O)c1cccc(F)c1)N/N=C/c1cccc(O)c1. The van der Waals surface area contributed by atoms with Crippen LogP contribution in [0.4, 0.5) is 4.39 Å². The Morgan fingerprint density at radius 3 is 2.70 bits per heavy atom. The van der Waals surface area contributed by atoms with E-state index >= 15 is 0 Å². The van der Waals surface area contributed by atoms with Crippen molar-refractivity contribution in [2.45, 2.75) is 0 Å². The van der Waals surface area contributed by atoms with Gasteiger partial charge in [-0.15, -0.1) is 0 Å².